The summed E-state index contributed by atoms with van der Waals surface area (Å²) < 4.78 is 0. The van der Waals surface area contributed by atoms with Crippen molar-refractivity contribution in [2.75, 3.05) is 0 Å². The van der Waals surface area contributed by atoms with Crippen LogP contribution in [0.15, 0.2) is 36.4 Å². The van der Waals surface area contributed by atoms with Gasteiger partial charge in [-0.05, 0) is 75.2 Å². The molecular weight excluding hydrogens is 408 g/mol. The SMILES string of the molecule is CC(=O)c1c(C)cc(O)c2ccc(-c3ccc4c(O)cc(C)c(C(C)=O)c4c3O)c(O)c12. The maximum absolute atomic E-state index is 12.3. The molecule has 6 nitrogen and oxygen atoms in total. The first kappa shape index (κ1) is 21.2. The Morgan fingerprint density at radius 2 is 0.969 bits per heavy atom. The molecule has 0 bridgehead atoms. The highest BCUT2D eigenvalue weighted by Gasteiger charge is 2.23. The molecule has 0 saturated heterocycles. The molecule has 4 aromatic carbocycles. The first-order valence-corrected chi connectivity index (χ1v) is 10.0. The van der Waals surface area contributed by atoms with Gasteiger partial charge in [-0.25, -0.2) is 0 Å². The molecular formula is C26H22O6. The number of phenolic OH excluding ortho intramolecular Hbond substituents is 4. The van der Waals surface area contributed by atoms with Crippen molar-refractivity contribution in [1.82, 2.24) is 0 Å². The van der Waals surface area contributed by atoms with Gasteiger partial charge in [0.2, 0.25) is 0 Å². The molecule has 162 valence electrons. The third kappa shape index (κ3) is 2.95. The Bertz CT molecular complexity index is 1370. The van der Waals surface area contributed by atoms with Crippen molar-refractivity contribution in [2.45, 2.75) is 27.7 Å². The van der Waals surface area contributed by atoms with Crippen LogP contribution in [0.2, 0.25) is 0 Å². The number of phenols is 4. The molecule has 0 aliphatic heterocycles. The number of carbonyl (C=O) groups excluding carboxylic acids is 2. The molecule has 4 rings (SSSR count). The zero-order valence-corrected chi connectivity index (χ0v) is 18.1. The van der Waals surface area contributed by atoms with Gasteiger partial charge in [0.1, 0.15) is 23.0 Å². The number of ketones is 2. The summed E-state index contributed by atoms with van der Waals surface area (Å²) in [6.07, 6.45) is 0. The van der Waals surface area contributed by atoms with Crippen LogP contribution in [0.1, 0.15) is 45.7 Å². The number of aromatic hydroxyl groups is 4. The normalized spacial score (nSPS) is 11.2. The largest absolute Gasteiger partial charge is 0.507 e. The second-order valence-corrected chi connectivity index (χ2v) is 8.06. The number of hydrogen-bond donors (Lipinski definition) is 4. The first-order valence-electron chi connectivity index (χ1n) is 10.0. The van der Waals surface area contributed by atoms with Crippen molar-refractivity contribution in [2.24, 2.45) is 0 Å². The van der Waals surface area contributed by atoms with E-state index < -0.39 is 0 Å². The molecule has 0 spiro atoms. The van der Waals surface area contributed by atoms with Crippen LogP contribution in [-0.2, 0) is 0 Å². The second kappa shape index (κ2) is 7.27. The summed E-state index contributed by atoms with van der Waals surface area (Å²) in [6.45, 7) is 6.09. The smallest absolute Gasteiger partial charge is 0.160 e. The molecule has 0 atom stereocenters. The van der Waals surface area contributed by atoms with Crippen LogP contribution in [0.5, 0.6) is 23.0 Å². The molecule has 32 heavy (non-hydrogen) atoms. The lowest BCUT2D eigenvalue weighted by molar-refractivity contribution is 0.101. The Morgan fingerprint density at radius 3 is 1.28 bits per heavy atom. The fourth-order valence-corrected chi connectivity index (χ4v) is 4.56. The van der Waals surface area contributed by atoms with Crippen molar-refractivity contribution in [1.29, 1.82) is 0 Å². The van der Waals surface area contributed by atoms with E-state index in [2.05, 4.69) is 0 Å². The van der Waals surface area contributed by atoms with E-state index in [1.54, 1.807) is 26.0 Å². The fraction of sp³-hybridized carbons (Fsp3) is 0.154. The monoisotopic (exact) mass is 430 g/mol. The lowest BCUT2D eigenvalue weighted by Crippen LogP contribution is -2.00. The highest BCUT2D eigenvalue weighted by Crippen LogP contribution is 2.47. The Labute approximate surface area is 184 Å². The molecule has 0 amide bonds. The van der Waals surface area contributed by atoms with Gasteiger partial charge in [-0.1, -0.05) is 0 Å². The molecule has 0 aliphatic rings. The summed E-state index contributed by atoms with van der Waals surface area (Å²) in [6, 6.07) is 9.12. The van der Waals surface area contributed by atoms with Gasteiger partial charge in [0, 0.05) is 43.8 Å². The van der Waals surface area contributed by atoms with E-state index >= 15 is 0 Å². The first-order chi connectivity index (χ1) is 15.0. The predicted molar refractivity (Wildman–Crippen MR) is 123 cm³/mol. The van der Waals surface area contributed by atoms with Gasteiger partial charge in [-0.3, -0.25) is 9.59 Å². The number of aryl methyl sites for hydroxylation is 2. The standard InChI is InChI=1S/C26H22O6/c1-11-9-19(29)17-7-5-15(25(31)23(17)21(11)13(3)27)16-6-8-18-20(30)10-12(2)22(14(4)28)24(18)26(16)32/h5-10,29-32H,1-4H3. The number of Topliss-reactive ketones (excluding diaryl/α,β-unsaturated/α-hetero) is 2. The average Bonchev–Trinajstić information content (AvgIpc) is 2.69. The lowest BCUT2D eigenvalue weighted by Gasteiger charge is -2.17. The number of benzene rings is 4. The summed E-state index contributed by atoms with van der Waals surface area (Å²) in [5.74, 6) is -1.26. The molecule has 0 aromatic heterocycles. The van der Waals surface area contributed by atoms with E-state index in [-0.39, 0.29) is 67.6 Å². The topological polar surface area (TPSA) is 115 Å². The predicted octanol–water partition coefficient (Wildman–Crippen LogP) is 5.50. The molecule has 6 heteroatoms. The number of carbonyl (C=O) groups is 2. The van der Waals surface area contributed by atoms with E-state index in [9.17, 15) is 30.0 Å². The van der Waals surface area contributed by atoms with Gasteiger partial charge in [-0.2, -0.15) is 0 Å². The third-order valence-corrected chi connectivity index (χ3v) is 5.90. The summed E-state index contributed by atoms with van der Waals surface area (Å²) >= 11 is 0. The Hall–Kier alpha value is -4.06. The highest BCUT2D eigenvalue weighted by molar-refractivity contribution is 6.16. The fourth-order valence-electron chi connectivity index (χ4n) is 4.56. The molecule has 0 saturated carbocycles. The van der Waals surface area contributed by atoms with Crippen LogP contribution in [0.25, 0.3) is 32.7 Å². The zero-order chi connectivity index (χ0) is 23.5. The van der Waals surface area contributed by atoms with E-state index in [1.165, 1.54) is 38.1 Å². The number of fused-ring (bicyclic) bond motifs is 2. The summed E-state index contributed by atoms with van der Waals surface area (Å²) in [4.78, 5) is 24.6. The highest BCUT2D eigenvalue weighted by atomic mass is 16.3. The zero-order valence-electron chi connectivity index (χ0n) is 18.1. The van der Waals surface area contributed by atoms with Crippen molar-refractivity contribution < 1.29 is 30.0 Å². The summed E-state index contributed by atoms with van der Waals surface area (Å²) in [5, 5.41) is 44.1. The summed E-state index contributed by atoms with van der Waals surface area (Å²) in [7, 11) is 0. The molecule has 0 unspecified atom stereocenters. The minimum atomic E-state index is -0.276. The van der Waals surface area contributed by atoms with Crippen molar-refractivity contribution >= 4 is 33.1 Å². The number of hydrogen-bond acceptors (Lipinski definition) is 6. The van der Waals surface area contributed by atoms with E-state index in [1.807, 2.05) is 0 Å². The van der Waals surface area contributed by atoms with Crippen LogP contribution in [-0.4, -0.2) is 32.0 Å². The average molecular weight is 430 g/mol. The Kier molecular flexibility index (Phi) is 4.81. The molecule has 0 fully saturated rings. The van der Waals surface area contributed by atoms with Crippen molar-refractivity contribution in [3.05, 3.63) is 58.7 Å². The quantitative estimate of drug-likeness (QED) is 0.319. The van der Waals surface area contributed by atoms with Crippen molar-refractivity contribution in [3.63, 3.8) is 0 Å². The molecule has 0 radical (unpaired) electrons. The maximum atomic E-state index is 12.3. The van der Waals surface area contributed by atoms with Crippen molar-refractivity contribution in [3.8, 4) is 34.1 Å². The van der Waals surface area contributed by atoms with Gasteiger partial charge >= 0.3 is 0 Å². The molecule has 0 heterocycles. The van der Waals surface area contributed by atoms with E-state index in [4.69, 9.17) is 0 Å². The van der Waals surface area contributed by atoms with Crippen LogP contribution in [0, 0.1) is 13.8 Å². The second-order valence-electron chi connectivity index (χ2n) is 8.06. The van der Waals surface area contributed by atoms with Crippen LogP contribution in [0.4, 0.5) is 0 Å². The number of rotatable bonds is 3. The van der Waals surface area contributed by atoms with Gasteiger partial charge in [-0.15, -0.1) is 0 Å². The van der Waals surface area contributed by atoms with Gasteiger partial charge in [0.05, 0.1) is 0 Å². The third-order valence-electron chi connectivity index (χ3n) is 5.90. The molecule has 4 N–H and O–H groups in total. The van der Waals surface area contributed by atoms with Crippen LogP contribution < -0.4 is 0 Å². The van der Waals surface area contributed by atoms with Gasteiger partial charge < -0.3 is 20.4 Å². The Balaban J connectivity index is 2.15. The summed E-state index contributed by atoms with van der Waals surface area (Å²) in [5.41, 5.74) is 2.01. The maximum Gasteiger partial charge on any atom is 0.160 e. The molecule has 4 aromatic rings. The minimum Gasteiger partial charge on any atom is -0.507 e. The van der Waals surface area contributed by atoms with Gasteiger partial charge in [0.25, 0.3) is 0 Å². The van der Waals surface area contributed by atoms with E-state index in [0.29, 0.717) is 21.9 Å². The van der Waals surface area contributed by atoms with Crippen LogP contribution >= 0.6 is 0 Å². The minimum absolute atomic E-state index is 0.0773. The lowest BCUT2D eigenvalue weighted by atomic mass is 9.89. The van der Waals surface area contributed by atoms with Gasteiger partial charge in [0.15, 0.2) is 11.6 Å². The van der Waals surface area contributed by atoms with Crippen LogP contribution in [0.3, 0.4) is 0 Å². The van der Waals surface area contributed by atoms with E-state index in [0.717, 1.165) is 0 Å². The Morgan fingerprint density at radius 1 is 0.625 bits per heavy atom. The molecule has 0 aliphatic carbocycles.